The molecule has 5 rings (SSSR count). The van der Waals surface area contributed by atoms with Crippen molar-refractivity contribution >= 4 is 17.5 Å². The fourth-order valence-corrected chi connectivity index (χ4v) is 4.27. The van der Waals surface area contributed by atoms with Crippen LogP contribution in [0.5, 0.6) is 5.75 Å². The minimum absolute atomic E-state index is 0.123. The Hall–Kier alpha value is -3.65. The first-order valence-corrected chi connectivity index (χ1v) is 11.6. The molecule has 1 aromatic heterocycles. The van der Waals surface area contributed by atoms with E-state index in [2.05, 4.69) is 15.8 Å². The Morgan fingerprint density at radius 3 is 2.85 bits per heavy atom. The number of nitrogens with one attached hydrogen (secondary N) is 2. The minimum Gasteiger partial charge on any atom is -0.491 e. The molecule has 1 unspecified atom stereocenters. The lowest BCUT2D eigenvalue weighted by Crippen LogP contribution is -2.43. The summed E-state index contributed by atoms with van der Waals surface area (Å²) in [6.07, 6.45) is 3.85. The number of carbonyl (C=O) groups excluding carboxylic acids is 2. The second kappa shape index (κ2) is 10.1. The largest absolute Gasteiger partial charge is 0.491 e. The summed E-state index contributed by atoms with van der Waals surface area (Å²) in [5.74, 6) is 0.571. The maximum Gasteiger partial charge on any atom is 0.274 e. The van der Waals surface area contributed by atoms with Gasteiger partial charge < -0.3 is 24.6 Å². The van der Waals surface area contributed by atoms with E-state index >= 15 is 0 Å². The van der Waals surface area contributed by atoms with Gasteiger partial charge in [0, 0.05) is 30.8 Å². The maximum atomic E-state index is 12.8. The van der Waals surface area contributed by atoms with Gasteiger partial charge in [0.15, 0.2) is 5.69 Å². The number of aryl methyl sites for hydroxylation is 1. The van der Waals surface area contributed by atoms with Gasteiger partial charge in [-0.25, -0.2) is 0 Å². The SMILES string of the molecule is O=C(N[C@H]1CCc2ccc(OCC3CCCO3)cc2NC1=O)c1cc(Cc2ccccc2)on1. The molecular weight excluding hydrogens is 434 g/mol. The molecule has 3 heterocycles. The van der Waals surface area contributed by atoms with Crippen LogP contribution in [-0.4, -0.2) is 42.3 Å². The van der Waals surface area contributed by atoms with Crippen molar-refractivity contribution in [2.45, 2.75) is 44.2 Å². The maximum absolute atomic E-state index is 12.8. The van der Waals surface area contributed by atoms with E-state index in [-0.39, 0.29) is 17.7 Å². The molecule has 2 aliphatic rings. The lowest BCUT2D eigenvalue weighted by Gasteiger charge is -2.15. The number of hydrogen-bond acceptors (Lipinski definition) is 6. The normalized spacial score (nSPS) is 19.7. The molecule has 0 saturated carbocycles. The van der Waals surface area contributed by atoms with Crippen molar-refractivity contribution in [2.75, 3.05) is 18.5 Å². The highest BCUT2D eigenvalue weighted by atomic mass is 16.5. The van der Waals surface area contributed by atoms with Crippen LogP contribution in [0, 0.1) is 0 Å². The van der Waals surface area contributed by atoms with E-state index < -0.39 is 11.9 Å². The fourth-order valence-electron chi connectivity index (χ4n) is 4.27. The van der Waals surface area contributed by atoms with Crippen molar-refractivity contribution in [3.63, 3.8) is 0 Å². The Bertz CT molecular complexity index is 1150. The Balaban J connectivity index is 1.19. The van der Waals surface area contributed by atoms with Gasteiger partial charge in [0.25, 0.3) is 5.91 Å². The number of anilines is 1. The molecule has 0 spiro atoms. The zero-order valence-corrected chi connectivity index (χ0v) is 18.8. The molecule has 0 radical (unpaired) electrons. The summed E-state index contributed by atoms with van der Waals surface area (Å²) in [7, 11) is 0. The van der Waals surface area contributed by atoms with Gasteiger partial charge >= 0.3 is 0 Å². The number of rotatable bonds is 7. The van der Waals surface area contributed by atoms with Crippen LogP contribution >= 0.6 is 0 Å². The smallest absolute Gasteiger partial charge is 0.274 e. The summed E-state index contributed by atoms with van der Waals surface area (Å²) in [5, 5.41) is 9.60. The first-order valence-electron chi connectivity index (χ1n) is 11.6. The predicted octanol–water partition coefficient (Wildman–Crippen LogP) is 3.51. The molecule has 2 aromatic carbocycles. The van der Waals surface area contributed by atoms with E-state index in [1.165, 1.54) is 0 Å². The number of nitrogens with zero attached hydrogens (tertiary/aromatic N) is 1. The number of fused-ring (bicyclic) bond motifs is 1. The van der Waals surface area contributed by atoms with Gasteiger partial charge in [-0.2, -0.15) is 0 Å². The van der Waals surface area contributed by atoms with Gasteiger partial charge in [-0.05, 0) is 42.9 Å². The quantitative estimate of drug-likeness (QED) is 0.558. The molecule has 0 bridgehead atoms. The van der Waals surface area contributed by atoms with Crippen molar-refractivity contribution in [3.05, 3.63) is 77.2 Å². The number of amides is 2. The predicted molar refractivity (Wildman–Crippen MR) is 125 cm³/mol. The molecule has 0 aliphatic carbocycles. The third-order valence-corrected chi connectivity index (χ3v) is 6.14. The monoisotopic (exact) mass is 461 g/mol. The highest BCUT2D eigenvalue weighted by Crippen LogP contribution is 2.27. The number of benzene rings is 2. The van der Waals surface area contributed by atoms with Crippen LogP contribution in [0.3, 0.4) is 0 Å². The topological polar surface area (TPSA) is 103 Å². The third-order valence-electron chi connectivity index (χ3n) is 6.14. The van der Waals surface area contributed by atoms with Gasteiger partial charge in [0.1, 0.15) is 24.2 Å². The van der Waals surface area contributed by atoms with E-state index in [0.717, 1.165) is 30.6 Å². The first-order chi connectivity index (χ1) is 16.6. The van der Waals surface area contributed by atoms with Crippen LogP contribution in [-0.2, 0) is 22.4 Å². The van der Waals surface area contributed by atoms with E-state index in [1.54, 1.807) is 6.07 Å². The molecule has 8 nitrogen and oxygen atoms in total. The molecule has 3 aromatic rings. The Morgan fingerprint density at radius 2 is 2.03 bits per heavy atom. The number of hydrogen-bond donors (Lipinski definition) is 2. The second-order valence-electron chi connectivity index (χ2n) is 8.66. The number of aromatic nitrogens is 1. The van der Waals surface area contributed by atoms with Crippen LogP contribution in [0.4, 0.5) is 5.69 Å². The zero-order chi connectivity index (χ0) is 23.3. The molecule has 1 saturated heterocycles. The summed E-state index contributed by atoms with van der Waals surface area (Å²) >= 11 is 0. The third kappa shape index (κ3) is 5.28. The first kappa shape index (κ1) is 22.2. The highest BCUT2D eigenvalue weighted by molar-refractivity contribution is 6.01. The van der Waals surface area contributed by atoms with Crippen LogP contribution in [0.15, 0.2) is 59.1 Å². The van der Waals surface area contributed by atoms with E-state index in [0.29, 0.717) is 43.1 Å². The Labute approximate surface area is 197 Å². The standard InChI is InChI=1S/C26H27N3O5/c30-25-22(27-26(31)24-15-21(34-29-24)13-17-5-2-1-3-6-17)11-9-18-8-10-19(14-23(18)28-25)33-16-20-7-4-12-32-20/h1-3,5-6,8,10,14-15,20,22H,4,7,9,11-13,16H2,(H,27,31)(H,28,30)/t20?,22-/m0/s1. The van der Waals surface area contributed by atoms with E-state index in [9.17, 15) is 9.59 Å². The minimum atomic E-state index is -0.676. The molecule has 2 atom stereocenters. The molecule has 34 heavy (non-hydrogen) atoms. The van der Waals surface area contributed by atoms with Crippen molar-refractivity contribution in [2.24, 2.45) is 0 Å². The van der Waals surface area contributed by atoms with Crippen LogP contribution in [0.1, 0.15) is 46.6 Å². The van der Waals surface area contributed by atoms with Gasteiger partial charge in [-0.1, -0.05) is 41.6 Å². The van der Waals surface area contributed by atoms with E-state index in [1.807, 2.05) is 48.5 Å². The highest BCUT2D eigenvalue weighted by Gasteiger charge is 2.27. The average molecular weight is 462 g/mol. The van der Waals surface area contributed by atoms with Crippen molar-refractivity contribution in [1.29, 1.82) is 0 Å². The summed E-state index contributed by atoms with van der Waals surface area (Å²) in [4.78, 5) is 25.6. The van der Waals surface area contributed by atoms with Crippen LogP contribution < -0.4 is 15.4 Å². The van der Waals surface area contributed by atoms with Crippen LogP contribution in [0.2, 0.25) is 0 Å². The van der Waals surface area contributed by atoms with Gasteiger partial charge in [-0.3, -0.25) is 9.59 Å². The molecule has 2 aliphatic heterocycles. The number of ether oxygens (including phenoxy) is 2. The second-order valence-corrected chi connectivity index (χ2v) is 8.66. The van der Waals surface area contributed by atoms with Gasteiger partial charge in [-0.15, -0.1) is 0 Å². The zero-order valence-electron chi connectivity index (χ0n) is 18.8. The Kier molecular flexibility index (Phi) is 6.58. The molecule has 1 fully saturated rings. The molecule has 2 N–H and O–H groups in total. The summed E-state index contributed by atoms with van der Waals surface area (Å²) in [6.45, 7) is 1.28. The van der Waals surface area contributed by atoms with Crippen molar-refractivity contribution in [1.82, 2.24) is 10.5 Å². The van der Waals surface area contributed by atoms with Crippen molar-refractivity contribution < 1.29 is 23.6 Å². The van der Waals surface area contributed by atoms with E-state index in [4.69, 9.17) is 14.0 Å². The van der Waals surface area contributed by atoms with Gasteiger partial charge in [0.05, 0.1) is 6.10 Å². The van der Waals surface area contributed by atoms with Gasteiger partial charge in [0.2, 0.25) is 5.91 Å². The fraction of sp³-hybridized carbons (Fsp3) is 0.346. The Morgan fingerprint density at radius 1 is 1.15 bits per heavy atom. The summed E-state index contributed by atoms with van der Waals surface area (Å²) in [6, 6.07) is 16.4. The lowest BCUT2D eigenvalue weighted by atomic mass is 10.1. The van der Waals surface area contributed by atoms with Crippen molar-refractivity contribution in [3.8, 4) is 5.75 Å². The average Bonchev–Trinajstić information content (AvgIpc) is 3.51. The van der Waals surface area contributed by atoms with Crippen LogP contribution in [0.25, 0.3) is 0 Å². The number of carbonyl (C=O) groups is 2. The molecule has 8 heteroatoms. The summed E-state index contributed by atoms with van der Waals surface area (Å²) < 4.78 is 16.8. The summed E-state index contributed by atoms with van der Waals surface area (Å²) in [5.41, 5.74) is 2.93. The lowest BCUT2D eigenvalue weighted by molar-refractivity contribution is -0.118. The molecule has 176 valence electrons. The molecule has 2 amide bonds. The molecular formula is C26H27N3O5.